The SMILES string of the molecule is C=C(C=C1C=CN(C)C=C1)Sc1cc2c(cc1C)OCO2. The second-order valence-corrected chi connectivity index (χ2v) is 6.15. The summed E-state index contributed by atoms with van der Waals surface area (Å²) < 4.78 is 10.8. The highest BCUT2D eigenvalue weighted by Gasteiger charge is 2.16. The van der Waals surface area contributed by atoms with Crippen molar-refractivity contribution in [3.8, 4) is 11.5 Å². The van der Waals surface area contributed by atoms with Crippen molar-refractivity contribution in [2.24, 2.45) is 0 Å². The van der Waals surface area contributed by atoms with Gasteiger partial charge in [-0.3, -0.25) is 0 Å². The van der Waals surface area contributed by atoms with Crippen LogP contribution < -0.4 is 9.47 Å². The van der Waals surface area contributed by atoms with Gasteiger partial charge in [-0.15, -0.1) is 0 Å². The molecule has 2 heterocycles. The molecule has 0 N–H and O–H groups in total. The second-order valence-electron chi connectivity index (χ2n) is 4.98. The van der Waals surface area contributed by atoms with Crippen LogP contribution >= 0.6 is 11.8 Å². The molecule has 0 fully saturated rings. The third-order valence-corrected chi connectivity index (χ3v) is 4.28. The molecule has 2 aliphatic rings. The molecule has 0 saturated heterocycles. The Morgan fingerprint density at radius 1 is 1.24 bits per heavy atom. The lowest BCUT2D eigenvalue weighted by Gasteiger charge is -2.12. The molecule has 1 aromatic rings. The molecule has 2 aliphatic heterocycles. The molecule has 3 nitrogen and oxygen atoms in total. The Hall–Kier alpha value is -2.07. The maximum atomic E-state index is 5.43. The van der Waals surface area contributed by atoms with Crippen molar-refractivity contribution in [2.75, 3.05) is 13.8 Å². The van der Waals surface area contributed by atoms with E-state index in [1.54, 1.807) is 11.8 Å². The molecule has 0 aliphatic carbocycles. The number of aryl methyl sites for hydroxylation is 1. The summed E-state index contributed by atoms with van der Waals surface area (Å²) >= 11 is 1.64. The minimum absolute atomic E-state index is 0.303. The fraction of sp³-hybridized carbons (Fsp3) is 0.176. The predicted octanol–water partition coefficient (Wildman–Crippen LogP) is 4.23. The number of benzene rings is 1. The second kappa shape index (κ2) is 5.74. The highest BCUT2D eigenvalue weighted by atomic mass is 32.2. The van der Waals surface area contributed by atoms with Crippen molar-refractivity contribution in [3.63, 3.8) is 0 Å². The summed E-state index contributed by atoms with van der Waals surface area (Å²) in [5, 5.41) is 0. The third kappa shape index (κ3) is 3.16. The lowest BCUT2D eigenvalue weighted by atomic mass is 10.2. The van der Waals surface area contributed by atoms with E-state index < -0.39 is 0 Å². The van der Waals surface area contributed by atoms with Crippen molar-refractivity contribution in [2.45, 2.75) is 11.8 Å². The van der Waals surface area contributed by atoms with Gasteiger partial charge in [0.25, 0.3) is 0 Å². The van der Waals surface area contributed by atoms with E-state index >= 15 is 0 Å². The maximum absolute atomic E-state index is 5.43. The van der Waals surface area contributed by atoms with Gasteiger partial charge in [-0.1, -0.05) is 18.3 Å². The van der Waals surface area contributed by atoms with Crippen molar-refractivity contribution >= 4 is 11.8 Å². The molecular weight excluding hydrogens is 282 g/mol. The Kier molecular flexibility index (Phi) is 3.80. The first-order valence-electron chi connectivity index (χ1n) is 6.69. The predicted molar refractivity (Wildman–Crippen MR) is 86.4 cm³/mol. The molecule has 4 heteroatoms. The Morgan fingerprint density at radius 2 is 1.90 bits per heavy atom. The highest BCUT2D eigenvalue weighted by Crippen LogP contribution is 2.40. The van der Waals surface area contributed by atoms with Gasteiger partial charge in [0.2, 0.25) is 6.79 Å². The number of thioether (sulfide) groups is 1. The first-order chi connectivity index (χ1) is 10.1. The van der Waals surface area contributed by atoms with Crippen LogP contribution in [0.25, 0.3) is 0 Å². The van der Waals surface area contributed by atoms with Crippen molar-refractivity contribution in [3.05, 3.63) is 65.4 Å². The average Bonchev–Trinajstić information content (AvgIpc) is 2.89. The Balaban J connectivity index is 1.75. The van der Waals surface area contributed by atoms with Crippen LogP contribution in [0, 0.1) is 6.92 Å². The van der Waals surface area contributed by atoms with E-state index in [4.69, 9.17) is 9.47 Å². The molecule has 0 unspecified atom stereocenters. The quantitative estimate of drug-likeness (QED) is 0.779. The number of rotatable bonds is 3. The molecule has 3 rings (SSSR count). The van der Waals surface area contributed by atoms with Crippen molar-refractivity contribution < 1.29 is 9.47 Å². The first-order valence-corrected chi connectivity index (χ1v) is 7.50. The molecule has 0 aromatic heterocycles. The highest BCUT2D eigenvalue weighted by molar-refractivity contribution is 8.03. The molecule has 0 bridgehead atoms. The summed E-state index contributed by atoms with van der Waals surface area (Å²) in [6, 6.07) is 4.03. The van der Waals surface area contributed by atoms with Crippen LogP contribution in [0.5, 0.6) is 11.5 Å². The van der Waals surface area contributed by atoms with Gasteiger partial charge in [-0.2, -0.15) is 0 Å². The smallest absolute Gasteiger partial charge is 0.231 e. The largest absolute Gasteiger partial charge is 0.454 e. The topological polar surface area (TPSA) is 21.7 Å². The van der Waals surface area contributed by atoms with Gasteiger partial charge in [0.15, 0.2) is 11.5 Å². The van der Waals surface area contributed by atoms with E-state index in [1.807, 2.05) is 36.5 Å². The summed E-state index contributed by atoms with van der Waals surface area (Å²) in [4.78, 5) is 4.14. The molecule has 0 spiro atoms. The summed E-state index contributed by atoms with van der Waals surface area (Å²) in [6.07, 6.45) is 10.3. The van der Waals surface area contributed by atoms with E-state index in [-0.39, 0.29) is 0 Å². The van der Waals surface area contributed by atoms with Crippen LogP contribution in [0.4, 0.5) is 0 Å². The number of hydrogen-bond acceptors (Lipinski definition) is 4. The summed E-state index contributed by atoms with van der Waals surface area (Å²) in [6.45, 7) is 6.50. The number of nitrogens with zero attached hydrogens (tertiary/aromatic N) is 1. The van der Waals surface area contributed by atoms with Crippen LogP contribution in [-0.4, -0.2) is 18.7 Å². The van der Waals surface area contributed by atoms with E-state index in [1.165, 1.54) is 5.56 Å². The number of ether oxygens (including phenoxy) is 2. The van der Waals surface area contributed by atoms with E-state index in [9.17, 15) is 0 Å². The Bertz CT molecular complexity index is 658. The fourth-order valence-corrected chi connectivity index (χ4v) is 2.96. The van der Waals surface area contributed by atoms with Gasteiger partial charge in [0, 0.05) is 29.2 Å². The summed E-state index contributed by atoms with van der Waals surface area (Å²) in [5.74, 6) is 1.63. The number of hydrogen-bond donors (Lipinski definition) is 0. The first kappa shape index (κ1) is 13.9. The average molecular weight is 299 g/mol. The summed E-state index contributed by atoms with van der Waals surface area (Å²) in [7, 11) is 2.00. The fourth-order valence-electron chi connectivity index (χ4n) is 2.10. The van der Waals surface area contributed by atoms with Gasteiger partial charge in [-0.25, -0.2) is 0 Å². The zero-order chi connectivity index (χ0) is 14.8. The zero-order valence-corrected chi connectivity index (χ0v) is 12.9. The molecule has 0 atom stereocenters. The third-order valence-electron chi connectivity index (χ3n) is 3.24. The monoisotopic (exact) mass is 299 g/mol. The van der Waals surface area contributed by atoms with Gasteiger partial charge in [0.05, 0.1) is 0 Å². The van der Waals surface area contributed by atoms with Crippen LogP contribution in [-0.2, 0) is 0 Å². The molecule has 0 saturated carbocycles. The minimum atomic E-state index is 0.303. The van der Waals surface area contributed by atoms with Crippen molar-refractivity contribution in [1.29, 1.82) is 0 Å². The lowest BCUT2D eigenvalue weighted by Crippen LogP contribution is -2.03. The van der Waals surface area contributed by atoms with Gasteiger partial charge in [-0.05, 0) is 48.4 Å². The molecule has 0 radical (unpaired) electrons. The standard InChI is InChI=1S/C17H17NO2S/c1-12-8-15-16(20-11-19-15)10-17(12)21-13(2)9-14-4-6-18(3)7-5-14/h4-10H,2,11H2,1,3H3. The van der Waals surface area contributed by atoms with E-state index in [2.05, 4.69) is 31.7 Å². The van der Waals surface area contributed by atoms with E-state index in [0.29, 0.717) is 6.79 Å². The summed E-state index contributed by atoms with van der Waals surface area (Å²) in [5.41, 5.74) is 2.31. The molecule has 108 valence electrons. The minimum Gasteiger partial charge on any atom is -0.454 e. The van der Waals surface area contributed by atoms with Crippen LogP contribution in [0.15, 0.2) is 64.7 Å². The van der Waals surface area contributed by atoms with Crippen LogP contribution in [0.2, 0.25) is 0 Å². The molecule has 1 aromatic carbocycles. The van der Waals surface area contributed by atoms with Gasteiger partial charge >= 0.3 is 0 Å². The normalized spacial score (nSPS) is 15.5. The van der Waals surface area contributed by atoms with E-state index in [0.717, 1.165) is 26.9 Å². The number of fused-ring (bicyclic) bond motifs is 1. The number of allylic oxidation sites excluding steroid dienone is 4. The zero-order valence-electron chi connectivity index (χ0n) is 12.1. The van der Waals surface area contributed by atoms with Crippen molar-refractivity contribution in [1.82, 2.24) is 4.90 Å². The van der Waals surface area contributed by atoms with Gasteiger partial charge in [0.1, 0.15) is 0 Å². The van der Waals surface area contributed by atoms with Crippen LogP contribution in [0.3, 0.4) is 0 Å². The maximum Gasteiger partial charge on any atom is 0.231 e. The lowest BCUT2D eigenvalue weighted by molar-refractivity contribution is 0.174. The molecule has 0 amide bonds. The van der Waals surface area contributed by atoms with Gasteiger partial charge < -0.3 is 14.4 Å². The Labute approximate surface area is 129 Å². The molecule has 21 heavy (non-hydrogen) atoms. The van der Waals surface area contributed by atoms with Crippen LogP contribution in [0.1, 0.15) is 5.56 Å². The molecular formula is C17H17NO2S. The Morgan fingerprint density at radius 3 is 2.62 bits per heavy atom.